The zero-order chi connectivity index (χ0) is 8.84. The van der Waals surface area contributed by atoms with E-state index in [1.807, 2.05) is 0 Å². The first-order valence-corrected chi connectivity index (χ1v) is 4.84. The van der Waals surface area contributed by atoms with E-state index in [0.717, 1.165) is 48.1 Å². The van der Waals surface area contributed by atoms with Gasteiger partial charge in [0.05, 0.1) is 18.2 Å². The molecule has 0 N–H and O–H groups in total. The Morgan fingerprint density at radius 1 is 1.15 bits per heavy atom. The van der Waals surface area contributed by atoms with E-state index in [4.69, 9.17) is 21.1 Å². The Bertz CT molecular complexity index is 341. The van der Waals surface area contributed by atoms with Crippen LogP contribution in [0.2, 0.25) is 5.02 Å². The summed E-state index contributed by atoms with van der Waals surface area (Å²) in [6.45, 7) is 1.50. The molecule has 1 aromatic rings. The normalized spacial score (nSPS) is 17.6. The Kier molecular flexibility index (Phi) is 1.47. The molecule has 68 valence electrons. The molecule has 0 spiro atoms. The van der Waals surface area contributed by atoms with Crippen molar-refractivity contribution < 1.29 is 9.47 Å². The summed E-state index contributed by atoms with van der Waals surface area (Å²) in [6.07, 6.45) is 1.86. The molecule has 0 radical (unpaired) electrons. The monoisotopic (exact) mass is 196 g/mol. The summed E-state index contributed by atoms with van der Waals surface area (Å²) in [5.41, 5.74) is 2.30. The molecule has 3 rings (SSSR count). The van der Waals surface area contributed by atoms with Crippen LogP contribution in [0.5, 0.6) is 11.5 Å². The molecule has 0 saturated carbocycles. The fourth-order valence-corrected chi connectivity index (χ4v) is 2.29. The minimum atomic E-state index is 0.748. The molecule has 1 aromatic carbocycles. The zero-order valence-electron chi connectivity index (χ0n) is 7.10. The van der Waals surface area contributed by atoms with Crippen LogP contribution in [0.25, 0.3) is 0 Å². The third kappa shape index (κ3) is 0.953. The number of halogens is 1. The third-order valence-corrected chi connectivity index (χ3v) is 2.99. The maximum absolute atomic E-state index is 6.19. The summed E-state index contributed by atoms with van der Waals surface area (Å²) in [5, 5.41) is 0.766. The van der Waals surface area contributed by atoms with Gasteiger partial charge in [-0.25, -0.2) is 0 Å². The van der Waals surface area contributed by atoms with Crippen molar-refractivity contribution >= 4 is 11.6 Å². The largest absolute Gasteiger partial charge is 0.493 e. The molecule has 13 heavy (non-hydrogen) atoms. The van der Waals surface area contributed by atoms with Gasteiger partial charge >= 0.3 is 0 Å². The topological polar surface area (TPSA) is 18.5 Å². The molecule has 0 fully saturated rings. The van der Waals surface area contributed by atoms with Gasteiger partial charge in [0.1, 0.15) is 11.5 Å². The maximum atomic E-state index is 6.19. The second kappa shape index (κ2) is 2.55. The van der Waals surface area contributed by atoms with Crippen LogP contribution in [0.3, 0.4) is 0 Å². The van der Waals surface area contributed by atoms with Crippen molar-refractivity contribution in [2.24, 2.45) is 0 Å². The first kappa shape index (κ1) is 7.51. The average Bonchev–Trinajstić information content (AvgIpc) is 2.71. The Hall–Kier alpha value is -0.890. The van der Waals surface area contributed by atoms with E-state index in [-0.39, 0.29) is 0 Å². The average molecular weight is 197 g/mol. The lowest BCUT2D eigenvalue weighted by Gasteiger charge is -2.06. The van der Waals surface area contributed by atoms with E-state index in [1.54, 1.807) is 0 Å². The minimum Gasteiger partial charge on any atom is -0.493 e. The number of ether oxygens (including phenoxy) is 2. The molecule has 2 heterocycles. The molecular formula is C10H9ClO2. The fourth-order valence-electron chi connectivity index (χ4n) is 1.93. The molecule has 0 saturated heterocycles. The van der Waals surface area contributed by atoms with Crippen molar-refractivity contribution in [2.75, 3.05) is 13.2 Å². The van der Waals surface area contributed by atoms with Gasteiger partial charge in [-0.1, -0.05) is 11.6 Å². The second-order valence-corrected chi connectivity index (χ2v) is 3.73. The number of hydrogen-bond acceptors (Lipinski definition) is 2. The minimum absolute atomic E-state index is 0.748. The molecule has 0 atom stereocenters. The Morgan fingerprint density at radius 2 is 2.00 bits per heavy atom. The van der Waals surface area contributed by atoms with Gasteiger partial charge in [0, 0.05) is 24.0 Å². The number of benzene rings is 1. The number of rotatable bonds is 0. The van der Waals surface area contributed by atoms with Crippen molar-refractivity contribution in [3.63, 3.8) is 0 Å². The van der Waals surface area contributed by atoms with Crippen molar-refractivity contribution in [1.82, 2.24) is 0 Å². The van der Waals surface area contributed by atoms with Crippen LogP contribution >= 0.6 is 11.6 Å². The molecule has 0 unspecified atom stereocenters. The highest BCUT2D eigenvalue weighted by Crippen LogP contribution is 2.43. The molecule has 2 aliphatic rings. The van der Waals surface area contributed by atoms with Gasteiger partial charge < -0.3 is 9.47 Å². The van der Waals surface area contributed by atoms with Gasteiger partial charge in [0.2, 0.25) is 0 Å². The molecule has 0 amide bonds. The van der Waals surface area contributed by atoms with Gasteiger partial charge in [0.15, 0.2) is 0 Å². The predicted octanol–water partition coefficient (Wildman–Crippen LogP) is 2.21. The van der Waals surface area contributed by atoms with Crippen molar-refractivity contribution in [3.8, 4) is 11.5 Å². The molecule has 2 aliphatic heterocycles. The van der Waals surface area contributed by atoms with E-state index in [9.17, 15) is 0 Å². The molecule has 2 nitrogen and oxygen atoms in total. The van der Waals surface area contributed by atoms with Crippen LogP contribution in [-0.2, 0) is 12.8 Å². The van der Waals surface area contributed by atoms with Gasteiger partial charge in [-0.2, -0.15) is 0 Å². The first-order valence-electron chi connectivity index (χ1n) is 4.46. The SMILES string of the molecule is Clc1c2c(cc3c1OCC3)OCC2. The third-order valence-electron chi connectivity index (χ3n) is 2.59. The highest BCUT2D eigenvalue weighted by molar-refractivity contribution is 6.33. The Morgan fingerprint density at radius 3 is 2.92 bits per heavy atom. The molecule has 0 aliphatic carbocycles. The van der Waals surface area contributed by atoms with Crippen LogP contribution in [0, 0.1) is 0 Å². The zero-order valence-corrected chi connectivity index (χ0v) is 7.86. The predicted molar refractivity (Wildman–Crippen MR) is 49.9 cm³/mol. The summed E-state index contributed by atoms with van der Waals surface area (Å²) < 4.78 is 10.9. The quantitative estimate of drug-likeness (QED) is 0.634. The van der Waals surface area contributed by atoms with Crippen molar-refractivity contribution in [1.29, 1.82) is 0 Å². The van der Waals surface area contributed by atoms with Crippen molar-refractivity contribution in [3.05, 3.63) is 22.2 Å². The highest BCUT2D eigenvalue weighted by Gasteiger charge is 2.25. The van der Waals surface area contributed by atoms with Gasteiger partial charge in [-0.15, -0.1) is 0 Å². The molecule has 0 aromatic heterocycles. The van der Waals surface area contributed by atoms with Gasteiger partial charge in [-0.3, -0.25) is 0 Å². The number of hydrogen-bond donors (Lipinski definition) is 0. The Balaban J connectivity index is 2.26. The first-order chi connectivity index (χ1) is 6.36. The summed E-state index contributed by atoms with van der Waals surface area (Å²) in [5.74, 6) is 1.83. The number of fused-ring (bicyclic) bond motifs is 2. The van der Waals surface area contributed by atoms with E-state index >= 15 is 0 Å². The Labute approximate surface area is 81.4 Å². The molecule has 0 bridgehead atoms. The summed E-state index contributed by atoms with van der Waals surface area (Å²) in [4.78, 5) is 0. The lowest BCUT2D eigenvalue weighted by atomic mass is 10.1. The van der Waals surface area contributed by atoms with E-state index in [0.29, 0.717) is 0 Å². The second-order valence-electron chi connectivity index (χ2n) is 3.35. The van der Waals surface area contributed by atoms with E-state index < -0.39 is 0 Å². The van der Waals surface area contributed by atoms with Crippen LogP contribution in [0.4, 0.5) is 0 Å². The fraction of sp³-hybridized carbons (Fsp3) is 0.400. The van der Waals surface area contributed by atoms with Gasteiger partial charge in [0.25, 0.3) is 0 Å². The standard InChI is InChI=1S/C10H9ClO2/c11-9-7-2-4-12-8(7)5-6-1-3-13-10(6)9/h5H,1-4H2. The summed E-state index contributed by atoms with van der Waals surface area (Å²) in [6, 6.07) is 2.07. The van der Waals surface area contributed by atoms with Crippen LogP contribution in [-0.4, -0.2) is 13.2 Å². The van der Waals surface area contributed by atoms with Crippen LogP contribution < -0.4 is 9.47 Å². The smallest absolute Gasteiger partial charge is 0.141 e. The summed E-state index contributed by atoms with van der Waals surface area (Å²) >= 11 is 6.19. The molecule has 3 heteroatoms. The molecular weight excluding hydrogens is 188 g/mol. The highest BCUT2D eigenvalue weighted by atomic mass is 35.5. The van der Waals surface area contributed by atoms with Crippen LogP contribution in [0.1, 0.15) is 11.1 Å². The lowest BCUT2D eigenvalue weighted by Crippen LogP contribution is -1.88. The van der Waals surface area contributed by atoms with Gasteiger partial charge in [-0.05, 0) is 6.07 Å². The van der Waals surface area contributed by atoms with E-state index in [2.05, 4.69) is 6.07 Å². The van der Waals surface area contributed by atoms with Crippen LogP contribution in [0.15, 0.2) is 6.07 Å². The van der Waals surface area contributed by atoms with E-state index in [1.165, 1.54) is 5.56 Å². The maximum Gasteiger partial charge on any atom is 0.141 e. The van der Waals surface area contributed by atoms with Crippen molar-refractivity contribution in [2.45, 2.75) is 12.8 Å². The summed E-state index contributed by atoms with van der Waals surface area (Å²) in [7, 11) is 0. The lowest BCUT2D eigenvalue weighted by molar-refractivity contribution is 0.356.